The highest BCUT2D eigenvalue weighted by atomic mass is 19.1. The van der Waals surface area contributed by atoms with E-state index >= 15 is 0 Å². The van der Waals surface area contributed by atoms with Crippen LogP contribution in [0.4, 0.5) is 20.2 Å². The van der Waals surface area contributed by atoms with Crippen molar-refractivity contribution in [3.05, 3.63) is 94.6 Å². The first kappa shape index (κ1) is 21.8. The number of rotatable bonds is 5. The van der Waals surface area contributed by atoms with Crippen LogP contribution in [0.1, 0.15) is 36.6 Å². The number of ether oxygens (including phenoxy) is 1. The van der Waals surface area contributed by atoms with Crippen molar-refractivity contribution in [2.45, 2.75) is 6.92 Å². The number of amides is 3. The average molecular weight is 450 g/mol. The van der Waals surface area contributed by atoms with Gasteiger partial charge in [0.15, 0.2) is 6.61 Å². The molecule has 0 radical (unpaired) electrons. The van der Waals surface area contributed by atoms with E-state index in [4.69, 9.17) is 4.74 Å². The summed E-state index contributed by atoms with van der Waals surface area (Å²) < 4.78 is 31.5. The number of nitrogens with one attached hydrogen (secondary N) is 1. The summed E-state index contributed by atoms with van der Waals surface area (Å²) >= 11 is 0. The molecule has 0 spiro atoms. The number of para-hydroxylation sites is 1. The molecule has 1 heterocycles. The summed E-state index contributed by atoms with van der Waals surface area (Å²) in [6, 6.07) is 13.4. The first-order chi connectivity index (χ1) is 15.8. The number of anilines is 2. The fourth-order valence-electron chi connectivity index (χ4n) is 3.39. The van der Waals surface area contributed by atoms with Gasteiger partial charge in [0.1, 0.15) is 11.6 Å². The maximum Gasteiger partial charge on any atom is 0.338 e. The van der Waals surface area contributed by atoms with Gasteiger partial charge in [0, 0.05) is 6.07 Å². The lowest BCUT2D eigenvalue weighted by atomic mass is 10.1. The maximum atomic E-state index is 13.6. The van der Waals surface area contributed by atoms with Crippen LogP contribution < -0.4 is 10.2 Å². The van der Waals surface area contributed by atoms with Gasteiger partial charge in [-0.15, -0.1) is 0 Å². The van der Waals surface area contributed by atoms with Crippen LogP contribution >= 0.6 is 0 Å². The molecule has 3 aromatic rings. The van der Waals surface area contributed by atoms with Gasteiger partial charge in [-0.05, 0) is 48.9 Å². The van der Waals surface area contributed by atoms with Crippen LogP contribution in [0.3, 0.4) is 0 Å². The smallest absolute Gasteiger partial charge is 0.338 e. The molecule has 1 aliphatic heterocycles. The lowest BCUT2D eigenvalue weighted by molar-refractivity contribution is -0.119. The zero-order valence-electron chi connectivity index (χ0n) is 17.2. The molecular formula is C24H16F2N2O5. The number of aryl methyl sites for hydroxylation is 1. The Morgan fingerprint density at radius 3 is 2.39 bits per heavy atom. The molecule has 0 aromatic heterocycles. The zero-order valence-corrected chi connectivity index (χ0v) is 17.2. The predicted octanol–water partition coefficient (Wildman–Crippen LogP) is 3.87. The highest BCUT2D eigenvalue weighted by molar-refractivity contribution is 6.34. The number of halogens is 2. The van der Waals surface area contributed by atoms with Gasteiger partial charge in [0.2, 0.25) is 0 Å². The van der Waals surface area contributed by atoms with Crippen LogP contribution in [0.15, 0.2) is 60.7 Å². The molecule has 1 aliphatic rings. The minimum Gasteiger partial charge on any atom is -0.452 e. The molecule has 3 aromatic carbocycles. The number of benzene rings is 3. The largest absolute Gasteiger partial charge is 0.452 e. The second kappa shape index (κ2) is 8.62. The highest BCUT2D eigenvalue weighted by Gasteiger charge is 2.37. The lowest BCUT2D eigenvalue weighted by Crippen LogP contribution is -2.29. The fourth-order valence-corrected chi connectivity index (χ4v) is 3.39. The molecule has 9 heteroatoms. The van der Waals surface area contributed by atoms with E-state index in [9.17, 15) is 28.0 Å². The monoisotopic (exact) mass is 450 g/mol. The maximum absolute atomic E-state index is 13.6. The molecular weight excluding hydrogens is 434 g/mol. The van der Waals surface area contributed by atoms with Crippen molar-refractivity contribution in [1.29, 1.82) is 0 Å². The third-order valence-corrected chi connectivity index (χ3v) is 5.02. The quantitative estimate of drug-likeness (QED) is 0.471. The molecule has 0 bridgehead atoms. The summed E-state index contributed by atoms with van der Waals surface area (Å²) in [4.78, 5) is 51.0. The third-order valence-electron chi connectivity index (χ3n) is 5.02. The molecule has 0 saturated heterocycles. The van der Waals surface area contributed by atoms with Crippen LogP contribution in [-0.2, 0) is 9.53 Å². The van der Waals surface area contributed by atoms with E-state index in [1.807, 2.05) is 0 Å². The number of carbonyl (C=O) groups is 4. The van der Waals surface area contributed by atoms with E-state index in [-0.39, 0.29) is 22.4 Å². The Morgan fingerprint density at radius 2 is 1.67 bits per heavy atom. The molecule has 0 atom stereocenters. The van der Waals surface area contributed by atoms with Crippen molar-refractivity contribution in [3.63, 3.8) is 0 Å². The zero-order chi connectivity index (χ0) is 23.7. The fraction of sp³-hybridized carbons (Fsp3) is 0.0833. The number of esters is 1. The molecule has 4 rings (SSSR count). The first-order valence-electron chi connectivity index (χ1n) is 9.77. The average Bonchev–Trinajstić information content (AvgIpc) is 3.04. The van der Waals surface area contributed by atoms with Crippen molar-refractivity contribution < 1.29 is 32.7 Å². The minimum absolute atomic E-state index is 0.0375. The molecule has 0 unspecified atom stereocenters. The molecule has 0 saturated carbocycles. The predicted molar refractivity (Wildman–Crippen MR) is 114 cm³/mol. The van der Waals surface area contributed by atoms with Crippen LogP contribution in [0.25, 0.3) is 0 Å². The lowest BCUT2D eigenvalue weighted by Gasteiger charge is -2.16. The van der Waals surface area contributed by atoms with Crippen LogP contribution in [-0.4, -0.2) is 30.3 Å². The van der Waals surface area contributed by atoms with Crippen LogP contribution in [0, 0.1) is 18.6 Å². The summed E-state index contributed by atoms with van der Waals surface area (Å²) in [5.41, 5.74) is 1.05. The molecule has 7 nitrogen and oxygen atoms in total. The Balaban J connectivity index is 1.46. The normalized spacial score (nSPS) is 12.5. The van der Waals surface area contributed by atoms with Gasteiger partial charge in [-0.1, -0.05) is 18.2 Å². The van der Waals surface area contributed by atoms with Gasteiger partial charge in [0.05, 0.1) is 28.1 Å². The Labute approximate surface area is 186 Å². The number of nitrogens with zero attached hydrogens (tertiary/aromatic N) is 1. The second-order valence-corrected chi connectivity index (χ2v) is 7.24. The number of imide groups is 1. The summed E-state index contributed by atoms with van der Waals surface area (Å²) in [5.74, 6) is -4.63. The number of hydrogen-bond acceptors (Lipinski definition) is 5. The van der Waals surface area contributed by atoms with Crippen molar-refractivity contribution in [2.75, 3.05) is 16.8 Å². The van der Waals surface area contributed by atoms with E-state index < -0.39 is 41.9 Å². The van der Waals surface area contributed by atoms with Crippen LogP contribution in [0.2, 0.25) is 0 Å². The summed E-state index contributed by atoms with van der Waals surface area (Å²) in [6.45, 7) is 1.03. The van der Waals surface area contributed by atoms with Gasteiger partial charge in [0.25, 0.3) is 17.7 Å². The van der Waals surface area contributed by atoms with Gasteiger partial charge in [-0.25, -0.2) is 18.5 Å². The number of fused-ring (bicyclic) bond motifs is 1. The van der Waals surface area contributed by atoms with Gasteiger partial charge in [-0.2, -0.15) is 0 Å². The van der Waals surface area contributed by atoms with E-state index in [0.717, 1.165) is 22.6 Å². The van der Waals surface area contributed by atoms with E-state index in [1.165, 1.54) is 18.2 Å². The minimum atomic E-state index is -0.977. The molecule has 3 amide bonds. The van der Waals surface area contributed by atoms with E-state index in [1.54, 1.807) is 31.2 Å². The van der Waals surface area contributed by atoms with E-state index in [2.05, 4.69) is 5.32 Å². The van der Waals surface area contributed by atoms with E-state index in [0.29, 0.717) is 11.8 Å². The number of hydrogen-bond donors (Lipinski definition) is 1. The van der Waals surface area contributed by atoms with Gasteiger partial charge in [-0.3, -0.25) is 14.4 Å². The standard InChI is InChI=1S/C24H16F2N2O5/c1-13-4-2-3-5-20(13)28-22(30)16-8-6-14(10-17(16)23(28)31)24(32)33-12-21(29)27-19-9-7-15(25)11-18(19)26/h2-11H,12H2,1H3,(H,27,29). The summed E-state index contributed by atoms with van der Waals surface area (Å²) in [5, 5.41) is 2.16. The van der Waals surface area contributed by atoms with Crippen molar-refractivity contribution in [1.82, 2.24) is 0 Å². The topological polar surface area (TPSA) is 92.8 Å². The third kappa shape index (κ3) is 4.20. The van der Waals surface area contributed by atoms with Gasteiger partial charge >= 0.3 is 5.97 Å². The van der Waals surface area contributed by atoms with Crippen molar-refractivity contribution in [2.24, 2.45) is 0 Å². The highest BCUT2D eigenvalue weighted by Crippen LogP contribution is 2.31. The Morgan fingerprint density at radius 1 is 0.939 bits per heavy atom. The van der Waals surface area contributed by atoms with Crippen molar-refractivity contribution >= 4 is 35.1 Å². The SMILES string of the molecule is Cc1ccccc1N1C(=O)c2ccc(C(=O)OCC(=O)Nc3ccc(F)cc3F)cc2C1=O. The Kier molecular flexibility index (Phi) is 5.70. The Hall–Kier alpha value is -4.40. The first-order valence-corrected chi connectivity index (χ1v) is 9.77. The summed E-state index contributed by atoms with van der Waals surface area (Å²) in [7, 11) is 0. The molecule has 0 fully saturated rings. The molecule has 33 heavy (non-hydrogen) atoms. The van der Waals surface area contributed by atoms with Crippen LogP contribution in [0.5, 0.6) is 0 Å². The molecule has 1 N–H and O–H groups in total. The molecule has 166 valence electrons. The molecule has 0 aliphatic carbocycles. The number of carbonyl (C=O) groups excluding carboxylic acids is 4. The Bertz CT molecular complexity index is 1320. The van der Waals surface area contributed by atoms with Crippen molar-refractivity contribution in [3.8, 4) is 0 Å². The summed E-state index contributed by atoms with van der Waals surface area (Å²) in [6.07, 6.45) is 0. The van der Waals surface area contributed by atoms with Gasteiger partial charge < -0.3 is 10.1 Å². The second-order valence-electron chi connectivity index (χ2n) is 7.24.